The van der Waals surface area contributed by atoms with Crippen molar-refractivity contribution in [1.29, 1.82) is 0 Å². The summed E-state index contributed by atoms with van der Waals surface area (Å²) in [5, 5.41) is 0. The van der Waals surface area contributed by atoms with Crippen LogP contribution in [0.15, 0.2) is 16.4 Å². The highest BCUT2D eigenvalue weighted by molar-refractivity contribution is 6.20. The van der Waals surface area contributed by atoms with Crippen LogP contribution in [-0.2, 0) is 9.53 Å². The number of carbonyl (C=O) groups is 1. The van der Waals surface area contributed by atoms with Crippen molar-refractivity contribution < 1.29 is 9.53 Å². The molecule has 0 unspecified atom stereocenters. The maximum Gasteiger partial charge on any atom is 0.257 e. The Morgan fingerprint density at radius 1 is 1.36 bits per heavy atom. The summed E-state index contributed by atoms with van der Waals surface area (Å²) in [6, 6.07) is 0.203. The molecule has 0 aromatic rings. The van der Waals surface area contributed by atoms with Gasteiger partial charge in [0.1, 0.15) is 11.4 Å². The molecule has 1 rings (SSSR count). The van der Waals surface area contributed by atoms with Crippen LogP contribution in [-0.4, -0.2) is 24.9 Å². The first kappa shape index (κ1) is 10.4. The number of nitrogens with zero attached hydrogens (tertiary/aromatic N) is 1. The second-order valence-electron chi connectivity index (χ2n) is 3.05. The largest absolute Gasteiger partial charge is 0.482 e. The maximum absolute atomic E-state index is 11.0. The molecule has 1 aliphatic rings. The molecule has 0 aromatic heterocycles. The number of amidine groups is 1. The van der Waals surface area contributed by atoms with Crippen molar-refractivity contribution in [3.05, 3.63) is 11.5 Å². The highest BCUT2D eigenvalue weighted by Gasteiger charge is 2.23. The van der Waals surface area contributed by atoms with Crippen LogP contribution in [0.5, 0.6) is 0 Å². The molecule has 14 heavy (non-hydrogen) atoms. The Labute approximate surface area is 81.8 Å². The van der Waals surface area contributed by atoms with E-state index in [-0.39, 0.29) is 23.3 Å². The SMILES string of the molecule is COC(N)=C(C(N)=O)C(N)=NC1CC1. The predicted molar refractivity (Wildman–Crippen MR) is 52.1 cm³/mol. The van der Waals surface area contributed by atoms with Crippen molar-refractivity contribution in [2.75, 3.05) is 7.11 Å². The predicted octanol–water partition coefficient (Wildman–Crippen LogP) is -1.19. The van der Waals surface area contributed by atoms with Crippen LogP contribution in [0, 0.1) is 0 Å². The van der Waals surface area contributed by atoms with Gasteiger partial charge in [0.05, 0.1) is 13.2 Å². The fourth-order valence-corrected chi connectivity index (χ4v) is 0.941. The fraction of sp³-hybridized carbons (Fsp3) is 0.500. The topological polar surface area (TPSA) is 117 Å². The van der Waals surface area contributed by atoms with Gasteiger partial charge in [0.15, 0.2) is 0 Å². The van der Waals surface area contributed by atoms with Gasteiger partial charge in [-0.25, -0.2) is 0 Å². The number of carbonyl (C=O) groups excluding carboxylic acids is 1. The summed E-state index contributed by atoms with van der Waals surface area (Å²) in [5.41, 5.74) is 16.0. The Morgan fingerprint density at radius 3 is 2.29 bits per heavy atom. The lowest BCUT2D eigenvalue weighted by molar-refractivity contribution is -0.114. The zero-order chi connectivity index (χ0) is 10.7. The van der Waals surface area contributed by atoms with Gasteiger partial charge in [-0.3, -0.25) is 9.79 Å². The molecule has 0 spiro atoms. The third-order valence-electron chi connectivity index (χ3n) is 1.84. The van der Waals surface area contributed by atoms with Crippen LogP contribution in [0.2, 0.25) is 0 Å². The third-order valence-corrected chi connectivity index (χ3v) is 1.84. The molecular formula is C8H14N4O2. The molecule has 0 aromatic carbocycles. The molecule has 1 saturated carbocycles. The average molecular weight is 198 g/mol. The lowest BCUT2D eigenvalue weighted by Crippen LogP contribution is -2.30. The maximum atomic E-state index is 11.0. The van der Waals surface area contributed by atoms with E-state index in [4.69, 9.17) is 21.9 Å². The van der Waals surface area contributed by atoms with Gasteiger partial charge in [0, 0.05) is 0 Å². The third kappa shape index (κ3) is 2.38. The van der Waals surface area contributed by atoms with E-state index in [0.29, 0.717) is 0 Å². The minimum absolute atomic E-state index is 0.0422. The Bertz CT molecular complexity index is 304. The van der Waals surface area contributed by atoms with Crippen LogP contribution in [0.25, 0.3) is 0 Å². The molecule has 0 atom stereocenters. The molecule has 0 heterocycles. The smallest absolute Gasteiger partial charge is 0.257 e. The van der Waals surface area contributed by atoms with E-state index < -0.39 is 5.91 Å². The van der Waals surface area contributed by atoms with Crippen LogP contribution < -0.4 is 17.2 Å². The van der Waals surface area contributed by atoms with Crippen LogP contribution in [0.1, 0.15) is 12.8 Å². The normalized spacial score (nSPS) is 18.8. The van der Waals surface area contributed by atoms with E-state index in [1.807, 2.05) is 0 Å². The van der Waals surface area contributed by atoms with E-state index >= 15 is 0 Å². The Balaban J connectivity index is 2.92. The van der Waals surface area contributed by atoms with Gasteiger partial charge in [0.2, 0.25) is 5.88 Å². The van der Waals surface area contributed by atoms with E-state index in [2.05, 4.69) is 4.99 Å². The molecule has 1 aliphatic carbocycles. The summed E-state index contributed by atoms with van der Waals surface area (Å²) in [6.45, 7) is 0. The molecule has 0 radical (unpaired) electrons. The molecule has 0 aliphatic heterocycles. The summed E-state index contributed by atoms with van der Waals surface area (Å²) in [6.07, 6.45) is 1.97. The number of ether oxygens (including phenoxy) is 1. The zero-order valence-corrected chi connectivity index (χ0v) is 7.99. The standard InChI is InChI=1S/C8H14N4O2/c1-14-8(11)5(7(10)13)6(9)12-4-2-3-4/h4H,2-3,11H2,1H3,(H2,9,12)(H2,10,13). The van der Waals surface area contributed by atoms with Crippen molar-refractivity contribution in [2.24, 2.45) is 22.2 Å². The van der Waals surface area contributed by atoms with Crippen LogP contribution in [0.3, 0.4) is 0 Å². The monoisotopic (exact) mass is 198 g/mol. The van der Waals surface area contributed by atoms with E-state index in [1.165, 1.54) is 7.11 Å². The van der Waals surface area contributed by atoms with Crippen molar-refractivity contribution >= 4 is 11.7 Å². The van der Waals surface area contributed by atoms with Crippen LogP contribution >= 0.6 is 0 Å². The molecule has 1 amide bonds. The lowest BCUT2D eigenvalue weighted by Gasteiger charge is -2.06. The van der Waals surface area contributed by atoms with E-state index in [9.17, 15) is 4.79 Å². The number of amides is 1. The molecule has 1 fully saturated rings. The van der Waals surface area contributed by atoms with Gasteiger partial charge in [0.25, 0.3) is 5.91 Å². The first-order valence-electron chi connectivity index (χ1n) is 4.23. The lowest BCUT2D eigenvalue weighted by atomic mass is 10.2. The minimum Gasteiger partial charge on any atom is -0.482 e. The number of methoxy groups -OCH3 is 1. The molecule has 0 saturated heterocycles. The summed E-state index contributed by atoms with van der Waals surface area (Å²) in [5.74, 6) is -0.773. The van der Waals surface area contributed by atoms with Crippen molar-refractivity contribution in [3.63, 3.8) is 0 Å². The second-order valence-corrected chi connectivity index (χ2v) is 3.05. The van der Waals surface area contributed by atoms with Gasteiger partial charge >= 0.3 is 0 Å². The Kier molecular flexibility index (Phi) is 2.95. The summed E-state index contributed by atoms with van der Waals surface area (Å²) >= 11 is 0. The number of primary amides is 1. The second kappa shape index (κ2) is 3.99. The number of rotatable bonds is 4. The van der Waals surface area contributed by atoms with Crippen molar-refractivity contribution in [3.8, 4) is 0 Å². The summed E-state index contributed by atoms with van der Waals surface area (Å²) < 4.78 is 4.69. The highest BCUT2D eigenvalue weighted by atomic mass is 16.5. The van der Waals surface area contributed by atoms with Gasteiger partial charge in [-0.05, 0) is 12.8 Å². The Hall–Kier alpha value is -1.72. The van der Waals surface area contributed by atoms with Gasteiger partial charge in [-0.1, -0.05) is 0 Å². The van der Waals surface area contributed by atoms with Gasteiger partial charge in [-0.2, -0.15) is 0 Å². The number of hydrogen-bond donors (Lipinski definition) is 3. The highest BCUT2D eigenvalue weighted by Crippen LogP contribution is 2.23. The molecule has 6 nitrogen and oxygen atoms in total. The Morgan fingerprint density at radius 2 is 1.93 bits per heavy atom. The molecular weight excluding hydrogens is 184 g/mol. The zero-order valence-electron chi connectivity index (χ0n) is 7.99. The van der Waals surface area contributed by atoms with Crippen molar-refractivity contribution in [2.45, 2.75) is 18.9 Å². The first-order chi connectivity index (χ1) is 6.56. The van der Waals surface area contributed by atoms with Crippen molar-refractivity contribution in [1.82, 2.24) is 0 Å². The van der Waals surface area contributed by atoms with E-state index in [0.717, 1.165) is 12.8 Å². The van der Waals surface area contributed by atoms with Gasteiger partial charge in [-0.15, -0.1) is 0 Å². The van der Waals surface area contributed by atoms with Crippen LogP contribution in [0.4, 0.5) is 0 Å². The number of aliphatic imine (C=N–C) groups is 1. The molecule has 0 bridgehead atoms. The summed E-state index contributed by atoms with van der Waals surface area (Å²) in [7, 11) is 1.34. The molecule has 78 valence electrons. The molecule has 6 heteroatoms. The minimum atomic E-state index is -0.730. The average Bonchev–Trinajstić information content (AvgIpc) is 2.87. The number of hydrogen-bond acceptors (Lipinski definition) is 4. The van der Waals surface area contributed by atoms with Gasteiger partial charge < -0.3 is 21.9 Å². The molecule has 6 N–H and O–H groups in total. The number of nitrogens with two attached hydrogens (primary N) is 3. The fourth-order valence-electron chi connectivity index (χ4n) is 0.941. The summed E-state index contributed by atoms with van der Waals surface area (Å²) in [4.78, 5) is 15.0. The first-order valence-corrected chi connectivity index (χ1v) is 4.23. The quantitative estimate of drug-likeness (QED) is 0.228. The van der Waals surface area contributed by atoms with E-state index in [1.54, 1.807) is 0 Å².